The van der Waals surface area contributed by atoms with E-state index in [9.17, 15) is 9.59 Å². The molecule has 0 unspecified atom stereocenters. The van der Waals surface area contributed by atoms with Gasteiger partial charge in [0, 0.05) is 12.0 Å². The molecule has 0 aliphatic carbocycles. The summed E-state index contributed by atoms with van der Waals surface area (Å²) in [6.07, 6.45) is 0.275. The minimum atomic E-state index is 0.000185. The summed E-state index contributed by atoms with van der Waals surface area (Å²) >= 11 is 0. The van der Waals surface area contributed by atoms with Crippen LogP contribution in [0.5, 0.6) is 0 Å². The van der Waals surface area contributed by atoms with Crippen molar-refractivity contribution in [3.63, 3.8) is 0 Å². The van der Waals surface area contributed by atoms with E-state index in [1.54, 1.807) is 0 Å². The van der Waals surface area contributed by atoms with E-state index in [4.69, 9.17) is 0 Å². The average Bonchev–Trinajstić information content (AvgIpc) is 1.81. The molecule has 2 nitrogen and oxygen atoms in total. The van der Waals surface area contributed by atoms with Gasteiger partial charge in [-0.1, -0.05) is 5.57 Å². The molecule has 0 radical (unpaired) electrons. The van der Waals surface area contributed by atoms with Crippen molar-refractivity contribution in [1.82, 2.24) is 0 Å². The number of carbonyl (C=O) groups excluding carboxylic acids is 2. The van der Waals surface area contributed by atoms with Crippen LogP contribution in [0.3, 0.4) is 0 Å². The first-order chi connectivity index (χ1) is 4.95. The van der Waals surface area contributed by atoms with Crippen LogP contribution in [0.15, 0.2) is 11.1 Å². The van der Waals surface area contributed by atoms with Gasteiger partial charge in [0.1, 0.15) is 5.78 Å². The van der Waals surface area contributed by atoms with Crippen LogP contribution in [0.1, 0.15) is 34.1 Å². The zero-order chi connectivity index (χ0) is 9.02. The molecular formula is C9H14O2. The number of rotatable bonds is 3. The van der Waals surface area contributed by atoms with E-state index in [2.05, 4.69) is 0 Å². The Hall–Kier alpha value is -0.920. The van der Waals surface area contributed by atoms with Crippen molar-refractivity contribution in [1.29, 1.82) is 0 Å². The minimum absolute atomic E-state index is 0.000185. The summed E-state index contributed by atoms with van der Waals surface area (Å²) in [4.78, 5) is 21.6. The molecule has 0 atom stereocenters. The Morgan fingerprint density at radius 3 is 1.55 bits per heavy atom. The topological polar surface area (TPSA) is 34.1 Å². The van der Waals surface area contributed by atoms with Gasteiger partial charge in [-0.05, 0) is 27.7 Å². The maximum absolute atomic E-state index is 10.9. The van der Waals surface area contributed by atoms with E-state index >= 15 is 0 Å². The highest BCUT2D eigenvalue weighted by Gasteiger charge is 2.07. The Bertz CT molecular complexity index is 208. The quantitative estimate of drug-likeness (QED) is 0.582. The maximum Gasteiger partial charge on any atom is 0.156 e. The first kappa shape index (κ1) is 10.1. The molecule has 0 rings (SSSR count). The largest absolute Gasteiger partial charge is 0.300 e. The predicted octanol–water partition coefficient (Wildman–Crippen LogP) is 1.89. The predicted molar refractivity (Wildman–Crippen MR) is 44.4 cm³/mol. The third-order valence-electron chi connectivity index (χ3n) is 1.45. The molecule has 0 aromatic heterocycles. The summed E-state index contributed by atoms with van der Waals surface area (Å²) in [7, 11) is 0. The van der Waals surface area contributed by atoms with Gasteiger partial charge in [0.25, 0.3) is 0 Å². The average molecular weight is 154 g/mol. The van der Waals surface area contributed by atoms with Crippen LogP contribution in [0.4, 0.5) is 0 Å². The second kappa shape index (κ2) is 4.06. The maximum atomic E-state index is 10.9. The van der Waals surface area contributed by atoms with E-state index in [1.807, 2.05) is 13.8 Å². The van der Waals surface area contributed by atoms with Gasteiger partial charge < -0.3 is 0 Å². The molecule has 0 heterocycles. The van der Waals surface area contributed by atoms with E-state index in [0.29, 0.717) is 5.57 Å². The number of allylic oxidation sites excluding steroid dienone is 2. The first-order valence-corrected chi connectivity index (χ1v) is 3.62. The molecule has 0 bridgehead atoms. The van der Waals surface area contributed by atoms with Gasteiger partial charge in [0.05, 0.1) is 0 Å². The second-order valence-electron chi connectivity index (χ2n) is 2.91. The lowest BCUT2D eigenvalue weighted by atomic mass is 10.0. The molecule has 0 fully saturated rings. The van der Waals surface area contributed by atoms with Gasteiger partial charge in [-0.2, -0.15) is 0 Å². The van der Waals surface area contributed by atoms with Crippen molar-refractivity contribution < 1.29 is 9.59 Å². The Kier molecular flexibility index (Phi) is 3.72. The Morgan fingerprint density at radius 2 is 1.45 bits per heavy atom. The highest BCUT2D eigenvalue weighted by atomic mass is 16.1. The molecule has 0 saturated carbocycles. The molecule has 0 aromatic carbocycles. The Morgan fingerprint density at radius 1 is 1.00 bits per heavy atom. The van der Waals surface area contributed by atoms with Crippen molar-refractivity contribution in [2.75, 3.05) is 0 Å². The molecule has 0 aromatic rings. The highest BCUT2D eigenvalue weighted by molar-refractivity contribution is 5.99. The lowest BCUT2D eigenvalue weighted by Crippen LogP contribution is -2.03. The van der Waals surface area contributed by atoms with Gasteiger partial charge in [-0.3, -0.25) is 9.59 Å². The van der Waals surface area contributed by atoms with Crippen molar-refractivity contribution in [3.05, 3.63) is 11.1 Å². The molecule has 11 heavy (non-hydrogen) atoms. The molecule has 0 spiro atoms. The fourth-order valence-electron chi connectivity index (χ4n) is 0.902. The summed E-state index contributed by atoms with van der Waals surface area (Å²) in [5.74, 6) is 0.0385. The van der Waals surface area contributed by atoms with Crippen LogP contribution < -0.4 is 0 Å². The van der Waals surface area contributed by atoms with Gasteiger partial charge in [-0.25, -0.2) is 0 Å². The summed E-state index contributed by atoms with van der Waals surface area (Å²) in [5.41, 5.74) is 1.59. The molecule has 62 valence electrons. The first-order valence-electron chi connectivity index (χ1n) is 3.62. The van der Waals surface area contributed by atoms with E-state index < -0.39 is 0 Å². The molecule has 0 aliphatic heterocycles. The fourth-order valence-corrected chi connectivity index (χ4v) is 0.902. The summed E-state index contributed by atoms with van der Waals surface area (Å²) < 4.78 is 0. The standard InChI is InChI=1S/C9H14O2/c1-6(2)9(8(4)11)5-7(3)10/h5H2,1-4H3. The molecular weight excluding hydrogens is 140 g/mol. The number of ketones is 2. The third kappa shape index (κ3) is 3.71. The van der Waals surface area contributed by atoms with Gasteiger partial charge in [-0.15, -0.1) is 0 Å². The third-order valence-corrected chi connectivity index (χ3v) is 1.45. The molecule has 0 aliphatic rings. The van der Waals surface area contributed by atoms with Crippen molar-refractivity contribution in [2.45, 2.75) is 34.1 Å². The zero-order valence-electron chi connectivity index (χ0n) is 7.52. The molecule has 0 N–H and O–H groups in total. The Balaban J connectivity index is 4.52. The monoisotopic (exact) mass is 154 g/mol. The second-order valence-corrected chi connectivity index (χ2v) is 2.91. The summed E-state index contributed by atoms with van der Waals surface area (Å²) in [5, 5.41) is 0. The SMILES string of the molecule is CC(=O)CC(C(C)=O)=C(C)C. The van der Waals surface area contributed by atoms with Crippen LogP contribution in [-0.2, 0) is 9.59 Å². The van der Waals surface area contributed by atoms with Crippen LogP contribution in [0.25, 0.3) is 0 Å². The normalized spacial score (nSPS) is 9.09. The summed E-state index contributed by atoms with van der Waals surface area (Å²) in [6, 6.07) is 0. The molecule has 0 saturated heterocycles. The van der Waals surface area contributed by atoms with Crippen LogP contribution in [0.2, 0.25) is 0 Å². The van der Waals surface area contributed by atoms with Gasteiger partial charge in [0.2, 0.25) is 0 Å². The number of hydrogen-bond donors (Lipinski definition) is 0. The van der Waals surface area contributed by atoms with Crippen LogP contribution in [-0.4, -0.2) is 11.6 Å². The van der Waals surface area contributed by atoms with Crippen LogP contribution in [0, 0.1) is 0 Å². The number of Topliss-reactive ketones (excluding diaryl/α,β-unsaturated/α-hetero) is 2. The molecule has 0 amide bonds. The lowest BCUT2D eigenvalue weighted by Gasteiger charge is -2.02. The van der Waals surface area contributed by atoms with E-state index in [0.717, 1.165) is 5.57 Å². The highest BCUT2D eigenvalue weighted by Crippen LogP contribution is 2.09. The zero-order valence-corrected chi connectivity index (χ0v) is 7.52. The van der Waals surface area contributed by atoms with Gasteiger partial charge >= 0.3 is 0 Å². The number of hydrogen-bond acceptors (Lipinski definition) is 2. The van der Waals surface area contributed by atoms with Crippen molar-refractivity contribution >= 4 is 11.6 Å². The smallest absolute Gasteiger partial charge is 0.156 e. The van der Waals surface area contributed by atoms with E-state index in [-0.39, 0.29) is 18.0 Å². The van der Waals surface area contributed by atoms with Crippen molar-refractivity contribution in [2.24, 2.45) is 0 Å². The fraction of sp³-hybridized carbons (Fsp3) is 0.556. The molecule has 2 heteroatoms. The van der Waals surface area contributed by atoms with E-state index in [1.165, 1.54) is 13.8 Å². The van der Waals surface area contributed by atoms with Crippen LogP contribution >= 0.6 is 0 Å². The number of carbonyl (C=O) groups is 2. The Labute approximate surface area is 67.3 Å². The summed E-state index contributed by atoms with van der Waals surface area (Å²) in [6.45, 7) is 6.68. The lowest BCUT2D eigenvalue weighted by molar-refractivity contribution is -0.119. The minimum Gasteiger partial charge on any atom is -0.300 e. The van der Waals surface area contributed by atoms with Gasteiger partial charge in [0.15, 0.2) is 5.78 Å². The van der Waals surface area contributed by atoms with Crippen molar-refractivity contribution in [3.8, 4) is 0 Å².